The number of alkyl carbamates (subject to hydrolysis) is 1. The van der Waals surface area contributed by atoms with Gasteiger partial charge in [0.05, 0.1) is 19.1 Å². The number of carbonyl (C=O) groups is 2. The van der Waals surface area contributed by atoms with Gasteiger partial charge in [-0.3, -0.25) is 9.69 Å². The summed E-state index contributed by atoms with van der Waals surface area (Å²) in [5, 5.41) is 6.01. The highest BCUT2D eigenvalue weighted by Crippen LogP contribution is 2.49. The number of hydrogen-bond acceptors (Lipinski definition) is 5. The number of benzene rings is 1. The van der Waals surface area contributed by atoms with Gasteiger partial charge in [0.25, 0.3) is 0 Å². The van der Waals surface area contributed by atoms with E-state index in [9.17, 15) is 9.59 Å². The van der Waals surface area contributed by atoms with Crippen molar-refractivity contribution in [2.75, 3.05) is 32.1 Å². The zero-order chi connectivity index (χ0) is 19.7. The van der Waals surface area contributed by atoms with Crippen molar-refractivity contribution in [3.8, 4) is 5.75 Å². The van der Waals surface area contributed by atoms with Crippen molar-refractivity contribution in [3.63, 3.8) is 0 Å². The third kappa shape index (κ3) is 3.32. The van der Waals surface area contributed by atoms with Gasteiger partial charge >= 0.3 is 6.09 Å². The number of hydrogen-bond donors (Lipinski definition) is 2. The first-order valence-electron chi connectivity index (χ1n) is 10.2. The molecular formula is C21H29N3O4. The van der Waals surface area contributed by atoms with Gasteiger partial charge < -0.3 is 20.1 Å². The Bertz CT molecular complexity index is 758. The molecule has 0 radical (unpaired) electrons. The zero-order valence-corrected chi connectivity index (χ0v) is 16.6. The molecule has 1 atom stereocenters. The van der Waals surface area contributed by atoms with Crippen LogP contribution in [-0.2, 0) is 14.9 Å². The summed E-state index contributed by atoms with van der Waals surface area (Å²) in [5.74, 6) is 0.918. The van der Waals surface area contributed by atoms with Crippen LogP contribution in [0.2, 0.25) is 0 Å². The molecule has 1 aliphatic carbocycles. The SMILES string of the molecule is CCOC(=O)N[C@H]1CCN(C2CCC3(CC2)C(=O)Nc2ccc(OC)cc23)C1. The van der Waals surface area contributed by atoms with E-state index in [1.807, 2.05) is 25.1 Å². The number of nitrogens with one attached hydrogen (secondary N) is 2. The Morgan fingerprint density at radius 2 is 2.11 bits per heavy atom. The monoisotopic (exact) mass is 387 g/mol. The summed E-state index contributed by atoms with van der Waals surface area (Å²) >= 11 is 0. The summed E-state index contributed by atoms with van der Waals surface area (Å²) in [6.07, 6.45) is 4.27. The van der Waals surface area contributed by atoms with E-state index in [1.54, 1.807) is 7.11 Å². The van der Waals surface area contributed by atoms with E-state index in [4.69, 9.17) is 9.47 Å². The molecule has 7 nitrogen and oxygen atoms in total. The molecule has 0 aromatic heterocycles. The summed E-state index contributed by atoms with van der Waals surface area (Å²) in [6, 6.07) is 6.46. The Labute approximate surface area is 165 Å². The number of carbonyl (C=O) groups excluding carboxylic acids is 2. The molecule has 4 rings (SSSR count). The Balaban J connectivity index is 1.39. The lowest BCUT2D eigenvalue weighted by molar-refractivity contribution is -0.122. The van der Waals surface area contributed by atoms with E-state index in [1.165, 1.54) is 0 Å². The lowest BCUT2D eigenvalue weighted by Gasteiger charge is -2.39. The Morgan fingerprint density at radius 1 is 1.32 bits per heavy atom. The summed E-state index contributed by atoms with van der Waals surface area (Å²) in [6.45, 7) is 4.03. The first-order valence-corrected chi connectivity index (χ1v) is 10.2. The minimum Gasteiger partial charge on any atom is -0.497 e. The molecule has 1 spiro atoms. The predicted molar refractivity (Wildman–Crippen MR) is 106 cm³/mol. The van der Waals surface area contributed by atoms with Gasteiger partial charge in [-0.1, -0.05) is 0 Å². The third-order valence-electron chi connectivity index (χ3n) is 6.57. The topological polar surface area (TPSA) is 79.9 Å². The molecule has 2 amide bonds. The zero-order valence-electron chi connectivity index (χ0n) is 16.6. The Kier molecular flexibility index (Phi) is 5.19. The van der Waals surface area contributed by atoms with Crippen LogP contribution in [0.3, 0.4) is 0 Å². The van der Waals surface area contributed by atoms with Crippen LogP contribution in [0.25, 0.3) is 0 Å². The Hall–Kier alpha value is -2.28. The maximum Gasteiger partial charge on any atom is 0.407 e. The van der Waals surface area contributed by atoms with E-state index in [0.29, 0.717) is 12.6 Å². The molecule has 2 aliphatic heterocycles. The minimum atomic E-state index is -0.428. The summed E-state index contributed by atoms with van der Waals surface area (Å²) in [4.78, 5) is 27.0. The fourth-order valence-corrected chi connectivity index (χ4v) is 5.05. The predicted octanol–water partition coefficient (Wildman–Crippen LogP) is 2.65. The van der Waals surface area contributed by atoms with Gasteiger partial charge in [0.2, 0.25) is 5.91 Å². The van der Waals surface area contributed by atoms with Crippen LogP contribution in [0.1, 0.15) is 44.6 Å². The van der Waals surface area contributed by atoms with Gasteiger partial charge in [0.15, 0.2) is 0 Å². The van der Waals surface area contributed by atoms with Crippen LogP contribution in [0.15, 0.2) is 18.2 Å². The van der Waals surface area contributed by atoms with E-state index in [-0.39, 0.29) is 18.0 Å². The first-order chi connectivity index (χ1) is 13.6. The molecule has 3 aliphatic rings. The number of nitrogens with zero attached hydrogens (tertiary/aromatic N) is 1. The fourth-order valence-electron chi connectivity index (χ4n) is 5.05. The van der Waals surface area contributed by atoms with Gasteiger partial charge in [-0.25, -0.2) is 4.79 Å². The van der Waals surface area contributed by atoms with Gasteiger partial charge in [-0.05, 0) is 62.8 Å². The average molecular weight is 387 g/mol. The number of likely N-dealkylation sites (tertiary alicyclic amines) is 1. The molecule has 28 heavy (non-hydrogen) atoms. The van der Waals surface area contributed by atoms with E-state index >= 15 is 0 Å². The number of ether oxygens (including phenoxy) is 2. The van der Waals surface area contributed by atoms with Crippen LogP contribution < -0.4 is 15.4 Å². The average Bonchev–Trinajstić information content (AvgIpc) is 3.26. The molecule has 0 bridgehead atoms. The second kappa shape index (κ2) is 7.62. The van der Waals surface area contributed by atoms with Crippen molar-refractivity contribution in [3.05, 3.63) is 23.8 Å². The Morgan fingerprint density at radius 3 is 2.82 bits per heavy atom. The van der Waals surface area contributed by atoms with Crippen LogP contribution in [-0.4, -0.2) is 55.8 Å². The number of rotatable bonds is 4. The molecule has 2 heterocycles. The maximum atomic E-state index is 12.8. The van der Waals surface area contributed by atoms with Gasteiger partial charge in [0, 0.05) is 30.9 Å². The van der Waals surface area contributed by atoms with Crippen molar-refractivity contribution < 1.29 is 19.1 Å². The molecule has 1 saturated carbocycles. The largest absolute Gasteiger partial charge is 0.497 e. The van der Waals surface area contributed by atoms with Crippen LogP contribution in [0.5, 0.6) is 5.75 Å². The highest BCUT2D eigenvalue weighted by atomic mass is 16.5. The second-order valence-electron chi connectivity index (χ2n) is 8.02. The minimum absolute atomic E-state index is 0.123. The molecule has 1 aromatic rings. The molecule has 1 aromatic carbocycles. The smallest absolute Gasteiger partial charge is 0.407 e. The van der Waals surface area contributed by atoms with E-state index < -0.39 is 5.41 Å². The van der Waals surface area contributed by atoms with E-state index in [0.717, 1.165) is 62.2 Å². The molecule has 0 unspecified atom stereocenters. The van der Waals surface area contributed by atoms with E-state index in [2.05, 4.69) is 15.5 Å². The number of amides is 2. The van der Waals surface area contributed by atoms with Crippen molar-refractivity contribution in [2.24, 2.45) is 0 Å². The number of fused-ring (bicyclic) bond motifs is 2. The van der Waals surface area contributed by atoms with Crippen molar-refractivity contribution in [2.45, 2.75) is 56.5 Å². The van der Waals surface area contributed by atoms with Gasteiger partial charge in [-0.15, -0.1) is 0 Å². The molecular weight excluding hydrogens is 358 g/mol. The van der Waals surface area contributed by atoms with Crippen molar-refractivity contribution >= 4 is 17.7 Å². The normalized spacial score (nSPS) is 29.4. The van der Waals surface area contributed by atoms with Crippen LogP contribution in [0.4, 0.5) is 10.5 Å². The maximum absolute atomic E-state index is 12.8. The van der Waals surface area contributed by atoms with Crippen LogP contribution in [0, 0.1) is 0 Å². The summed E-state index contributed by atoms with van der Waals surface area (Å²) < 4.78 is 10.4. The third-order valence-corrected chi connectivity index (χ3v) is 6.57. The first kappa shape index (κ1) is 19.1. The van der Waals surface area contributed by atoms with Gasteiger partial charge in [0.1, 0.15) is 5.75 Å². The molecule has 2 N–H and O–H groups in total. The second-order valence-corrected chi connectivity index (χ2v) is 8.02. The summed E-state index contributed by atoms with van der Waals surface area (Å²) in [7, 11) is 1.66. The van der Waals surface area contributed by atoms with Crippen molar-refractivity contribution in [1.29, 1.82) is 0 Å². The highest BCUT2D eigenvalue weighted by molar-refractivity contribution is 6.06. The lowest BCUT2D eigenvalue weighted by atomic mass is 9.68. The number of methoxy groups -OCH3 is 1. The number of anilines is 1. The van der Waals surface area contributed by atoms with Crippen molar-refractivity contribution in [1.82, 2.24) is 10.2 Å². The molecule has 7 heteroatoms. The fraction of sp³-hybridized carbons (Fsp3) is 0.619. The molecule has 2 fully saturated rings. The highest BCUT2D eigenvalue weighted by Gasteiger charge is 2.49. The van der Waals surface area contributed by atoms with Crippen LogP contribution >= 0.6 is 0 Å². The molecule has 1 saturated heterocycles. The quantitative estimate of drug-likeness (QED) is 0.830. The lowest BCUT2D eigenvalue weighted by Crippen LogP contribution is -2.45. The molecule has 152 valence electrons. The van der Waals surface area contributed by atoms with Gasteiger partial charge in [-0.2, -0.15) is 0 Å². The summed E-state index contributed by atoms with van der Waals surface area (Å²) in [5.41, 5.74) is 1.57. The standard InChI is InChI=1S/C21H29N3O4/c1-3-28-20(26)22-14-8-11-24(13-14)15-6-9-21(10-7-15)17-12-16(27-2)4-5-18(17)23-19(21)25/h4-5,12,14-15H,3,6-11,13H2,1-2H3,(H,22,26)(H,23,25)/t14-,15?,21?/m0/s1.